The molecule has 4 heterocycles. The summed E-state index contributed by atoms with van der Waals surface area (Å²) >= 11 is 0. The molecule has 0 saturated heterocycles. The van der Waals surface area contributed by atoms with E-state index in [9.17, 15) is 0 Å². The van der Waals surface area contributed by atoms with Crippen molar-refractivity contribution in [1.82, 2.24) is 34.7 Å². The zero-order valence-electron chi connectivity index (χ0n) is 17.3. The molecule has 1 saturated carbocycles. The Bertz CT molecular complexity index is 1340. The first-order valence-electron chi connectivity index (χ1n) is 10.9. The number of benzene rings is 1. The van der Waals surface area contributed by atoms with Crippen LogP contribution in [-0.2, 0) is 13.1 Å². The lowest BCUT2D eigenvalue weighted by Crippen LogP contribution is -2.26. The topological polar surface area (TPSA) is 75.8 Å². The fourth-order valence-electron chi connectivity index (χ4n) is 4.39. The number of nitrogens with zero attached hydrogens (tertiary/aromatic N) is 5. The molecule has 1 fully saturated rings. The Kier molecular flexibility index (Phi) is 4.53. The number of H-pyrrole nitrogens is 1. The van der Waals surface area contributed by atoms with E-state index < -0.39 is 0 Å². The zero-order chi connectivity index (χ0) is 20.6. The van der Waals surface area contributed by atoms with E-state index >= 15 is 0 Å². The molecule has 6 rings (SSSR count). The van der Waals surface area contributed by atoms with Crippen LogP contribution < -0.4 is 5.32 Å². The molecule has 1 aliphatic carbocycles. The maximum atomic E-state index is 4.39. The van der Waals surface area contributed by atoms with Crippen LogP contribution in [0.3, 0.4) is 0 Å². The molecule has 0 unspecified atom stereocenters. The summed E-state index contributed by atoms with van der Waals surface area (Å²) in [5.41, 5.74) is 6.52. The van der Waals surface area contributed by atoms with Crippen molar-refractivity contribution in [2.75, 3.05) is 6.54 Å². The lowest BCUT2D eigenvalue weighted by atomic mass is 9.85. The number of aromatic nitrogens is 6. The minimum atomic E-state index is 0.680. The molecule has 4 aromatic heterocycles. The summed E-state index contributed by atoms with van der Waals surface area (Å²) in [5.74, 6) is 0.879. The number of rotatable bonds is 7. The first kappa shape index (κ1) is 18.3. The van der Waals surface area contributed by atoms with Gasteiger partial charge in [-0.05, 0) is 60.5 Å². The largest absolute Gasteiger partial charge is 0.357 e. The average Bonchev–Trinajstić information content (AvgIpc) is 3.48. The van der Waals surface area contributed by atoms with Gasteiger partial charge in [-0.2, -0.15) is 0 Å². The molecular weight excluding hydrogens is 386 g/mol. The van der Waals surface area contributed by atoms with Crippen molar-refractivity contribution >= 4 is 16.4 Å². The van der Waals surface area contributed by atoms with Gasteiger partial charge in [0.2, 0.25) is 0 Å². The lowest BCUT2D eigenvalue weighted by Gasteiger charge is -2.25. The van der Waals surface area contributed by atoms with E-state index in [0.717, 1.165) is 35.8 Å². The molecule has 1 aliphatic rings. The minimum absolute atomic E-state index is 0.680. The number of nitrogens with one attached hydrogen (secondary N) is 2. The number of hydrogen-bond donors (Lipinski definition) is 2. The zero-order valence-corrected chi connectivity index (χ0v) is 17.3. The number of imidazole rings is 1. The number of fused-ring (bicyclic) bond motifs is 2. The molecule has 0 aliphatic heterocycles. The summed E-state index contributed by atoms with van der Waals surface area (Å²) in [6, 6.07) is 12.9. The third kappa shape index (κ3) is 3.61. The third-order valence-corrected chi connectivity index (χ3v) is 6.33. The van der Waals surface area contributed by atoms with Gasteiger partial charge in [-0.25, -0.2) is 9.67 Å². The van der Waals surface area contributed by atoms with Gasteiger partial charge in [-0.1, -0.05) is 23.8 Å². The van der Waals surface area contributed by atoms with Crippen molar-refractivity contribution in [3.05, 3.63) is 72.6 Å². The van der Waals surface area contributed by atoms with Crippen LogP contribution >= 0.6 is 0 Å². The maximum Gasteiger partial charge on any atom is 0.115 e. The summed E-state index contributed by atoms with van der Waals surface area (Å²) in [5, 5.41) is 13.6. The quantitative estimate of drug-likeness (QED) is 0.424. The van der Waals surface area contributed by atoms with Gasteiger partial charge < -0.3 is 14.7 Å². The normalized spacial score (nSPS) is 14.5. The minimum Gasteiger partial charge on any atom is -0.357 e. The molecule has 5 aromatic rings. The standard InChI is InChI=1S/C24H25N7/c1-3-17(4-1)11-25-12-20-10-19-7-6-18(9-22(19)27-20)14-31-15-23(28-29-31)21-5-2-8-30-16-26-13-24(21)30/h2,5-10,13,15-17,25,27H,1,3-4,11-12,14H2. The summed E-state index contributed by atoms with van der Waals surface area (Å²) in [6.45, 7) is 2.70. The second kappa shape index (κ2) is 7.67. The molecule has 2 N–H and O–H groups in total. The van der Waals surface area contributed by atoms with Crippen LogP contribution in [0.1, 0.15) is 30.5 Å². The molecule has 0 spiro atoms. The summed E-state index contributed by atoms with van der Waals surface area (Å²) in [6.07, 6.45) is 11.8. The van der Waals surface area contributed by atoms with Crippen molar-refractivity contribution < 1.29 is 0 Å². The highest BCUT2D eigenvalue weighted by Gasteiger charge is 2.16. The van der Waals surface area contributed by atoms with E-state index in [1.807, 2.05) is 33.7 Å². The Hall–Kier alpha value is -3.45. The molecule has 0 amide bonds. The highest BCUT2D eigenvalue weighted by atomic mass is 15.4. The van der Waals surface area contributed by atoms with Crippen molar-refractivity contribution in [3.63, 3.8) is 0 Å². The van der Waals surface area contributed by atoms with Gasteiger partial charge in [0.25, 0.3) is 0 Å². The number of hydrogen-bond acceptors (Lipinski definition) is 4. The first-order chi connectivity index (χ1) is 15.3. The molecule has 156 valence electrons. The highest BCUT2D eigenvalue weighted by Crippen LogP contribution is 2.25. The molecule has 7 nitrogen and oxygen atoms in total. The Labute approximate surface area is 180 Å². The van der Waals surface area contributed by atoms with Crippen LogP contribution in [-0.4, -0.2) is 35.9 Å². The van der Waals surface area contributed by atoms with Crippen LogP contribution in [0.4, 0.5) is 0 Å². The fraction of sp³-hybridized carbons (Fsp3) is 0.292. The Morgan fingerprint density at radius 2 is 2.13 bits per heavy atom. The Balaban J connectivity index is 1.17. The van der Waals surface area contributed by atoms with E-state index in [2.05, 4.69) is 55.9 Å². The third-order valence-electron chi connectivity index (χ3n) is 6.33. The molecule has 0 atom stereocenters. The predicted octanol–water partition coefficient (Wildman–Crippen LogP) is 4.01. The molecular formula is C24H25N7. The predicted molar refractivity (Wildman–Crippen MR) is 121 cm³/mol. The van der Waals surface area contributed by atoms with Gasteiger partial charge in [-0.15, -0.1) is 5.10 Å². The van der Waals surface area contributed by atoms with Crippen LogP contribution in [0.2, 0.25) is 0 Å². The van der Waals surface area contributed by atoms with Crippen molar-refractivity contribution in [2.45, 2.75) is 32.4 Å². The van der Waals surface area contributed by atoms with Gasteiger partial charge in [0, 0.05) is 29.5 Å². The van der Waals surface area contributed by atoms with Crippen LogP contribution in [0, 0.1) is 5.92 Å². The van der Waals surface area contributed by atoms with Gasteiger partial charge in [0.15, 0.2) is 0 Å². The second-order valence-corrected chi connectivity index (χ2v) is 8.55. The second-order valence-electron chi connectivity index (χ2n) is 8.55. The lowest BCUT2D eigenvalue weighted by molar-refractivity contribution is 0.301. The smallest absolute Gasteiger partial charge is 0.115 e. The van der Waals surface area contributed by atoms with Crippen LogP contribution in [0.5, 0.6) is 0 Å². The van der Waals surface area contributed by atoms with E-state index in [-0.39, 0.29) is 0 Å². The van der Waals surface area contributed by atoms with Gasteiger partial charge in [0.1, 0.15) is 5.69 Å². The van der Waals surface area contributed by atoms with Gasteiger partial charge >= 0.3 is 0 Å². The fourth-order valence-corrected chi connectivity index (χ4v) is 4.39. The van der Waals surface area contributed by atoms with Crippen LogP contribution in [0.25, 0.3) is 27.7 Å². The van der Waals surface area contributed by atoms with Crippen molar-refractivity contribution in [2.24, 2.45) is 5.92 Å². The first-order valence-corrected chi connectivity index (χ1v) is 10.9. The molecule has 1 aromatic carbocycles. The molecule has 31 heavy (non-hydrogen) atoms. The van der Waals surface area contributed by atoms with E-state index in [1.54, 1.807) is 6.33 Å². The maximum absolute atomic E-state index is 4.39. The van der Waals surface area contributed by atoms with Crippen LogP contribution in [0.15, 0.2) is 61.3 Å². The summed E-state index contributed by atoms with van der Waals surface area (Å²) in [4.78, 5) is 7.79. The molecule has 0 radical (unpaired) electrons. The van der Waals surface area contributed by atoms with Gasteiger partial charge in [0.05, 0.1) is 30.8 Å². The molecule has 0 bridgehead atoms. The highest BCUT2D eigenvalue weighted by molar-refractivity contribution is 5.81. The Morgan fingerprint density at radius 3 is 3.03 bits per heavy atom. The van der Waals surface area contributed by atoms with Crippen molar-refractivity contribution in [3.8, 4) is 11.3 Å². The van der Waals surface area contributed by atoms with Gasteiger partial charge in [-0.3, -0.25) is 0 Å². The summed E-state index contributed by atoms with van der Waals surface area (Å²) < 4.78 is 3.88. The average molecular weight is 412 g/mol. The number of aromatic amines is 1. The van der Waals surface area contributed by atoms with E-state index in [1.165, 1.54) is 41.4 Å². The SMILES string of the molecule is c1cc(-c2cn(Cc3ccc4cc(CNCC5CCC5)[nH]c4c3)nn2)c2cncn2c1. The van der Waals surface area contributed by atoms with Crippen molar-refractivity contribution in [1.29, 1.82) is 0 Å². The van der Waals surface area contributed by atoms with E-state index in [0.29, 0.717) is 6.54 Å². The summed E-state index contributed by atoms with van der Waals surface area (Å²) in [7, 11) is 0. The number of pyridine rings is 1. The molecule has 7 heteroatoms. The Morgan fingerprint density at radius 1 is 1.16 bits per heavy atom. The monoisotopic (exact) mass is 411 g/mol. The van der Waals surface area contributed by atoms with E-state index in [4.69, 9.17) is 0 Å².